The third-order valence-electron chi connectivity index (χ3n) is 3.20. The van der Waals surface area contributed by atoms with Gasteiger partial charge in [-0.1, -0.05) is 13.8 Å². The Morgan fingerprint density at radius 3 is 2.50 bits per heavy atom. The van der Waals surface area contributed by atoms with Gasteiger partial charge in [-0.2, -0.15) is 0 Å². The first-order valence-corrected chi connectivity index (χ1v) is 6.03. The third kappa shape index (κ3) is 2.29. The maximum atomic E-state index is 6.04. The van der Waals surface area contributed by atoms with Gasteiger partial charge in [0.1, 0.15) is 0 Å². The molecule has 0 unspecified atom stereocenters. The Hall–Kier alpha value is -1.25. The van der Waals surface area contributed by atoms with Crippen LogP contribution in [-0.2, 0) is 0 Å². The van der Waals surface area contributed by atoms with Gasteiger partial charge in [-0.25, -0.2) is 4.98 Å². The lowest BCUT2D eigenvalue weighted by Gasteiger charge is -2.36. The Labute approximate surface area is 97.7 Å². The van der Waals surface area contributed by atoms with Crippen LogP contribution >= 0.6 is 0 Å². The molecular formula is C13H21N3. The molecule has 2 rings (SSSR count). The molecule has 0 aliphatic carbocycles. The van der Waals surface area contributed by atoms with E-state index in [4.69, 9.17) is 5.73 Å². The smallest absolute Gasteiger partial charge is 0.151 e. The van der Waals surface area contributed by atoms with Crippen LogP contribution in [-0.4, -0.2) is 18.1 Å². The Kier molecular flexibility index (Phi) is 3.03. The van der Waals surface area contributed by atoms with Gasteiger partial charge >= 0.3 is 0 Å². The van der Waals surface area contributed by atoms with Crippen molar-refractivity contribution in [3.05, 3.63) is 17.8 Å². The normalized spacial score (nSPS) is 25.8. The second-order valence-corrected chi connectivity index (χ2v) is 5.28. The van der Waals surface area contributed by atoms with Crippen molar-refractivity contribution in [2.75, 3.05) is 23.7 Å². The number of nitrogens with two attached hydrogens (primary N) is 1. The first kappa shape index (κ1) is 11.2. The zero-order valence-corrected chi connectivity index (χ0v) is 10.4. The fraction of sp³-hybridized carbons (Fsp3) is 0.615. The van der Waals surface area contributed by atoms with Crippen LogP contribution in [0.2, 0.25) is 0 Å². The summed E-state index contributed by atoms with van der Waals surface area (Å²) in [5.41, 5.74) is 7.97. The average molecular weight is 219 g/mol. The zero-order chi connectivity index (χ0) is 11.7. The highest BCUT2D eigenvalue weighted by atomic mass is 15.2. The number of aryl methyl sites for hydroxylation is 1. The molecule has 0 bridgehead atoms. The van der Waals surface area contributed by atoms with Crippen LogP contribution in [0.5, 0.6) is 0 Å². The Bertz CT molecular complexity index is 365. The molecule has 16 heavy (non-hydrogen) atoms. The number of hydrogen-bond donors (Lipinski definition) is 1. The molecule has 2 N–H and O–H groups in total. The molecule has 2 heterocycles. The summed E-state index contributed by atoms with van der Waals surface area (Å²) in [6.07, 6.45) is 3.21. The third-order valence-corrected chi connectivity index (χ3v) is 3.20. The van der Waals surface area contributed by atoms with Gasteiger partial charge in [0.25, 0.3) is 0 Å². The standard InChI is InChI=1S/C13H21N3/c1-9-5-12(14)13(15-6-9)16-7-10(2)4-11(3)8-16/h5-6,10-11H,4,7-8,14H2,1-3H3/t10-,11-/m1/s1. The lowest BCUT2D eigenvalue weighted by Crippen LogP contribution is -2.39. The second kappa shape index (κ2) is 4.32. The van der Waals surface area contributed by atoms with Crippen molar-refractivity contribution in [1.82, 2.24) is 4.98 Å². The molecule has 0 saturated carbocycles. The van der Waals surface area contributed by atoms with Crippen LogP contribution < -0.4 is 10.6 Å². The summed E-state index contributed by atoms with van der Waals surface area (Å²) in [5, 5.41) is 0. The van der Waals surface area contributed by atoms with E-state index >= 15 is 0 Å². The quantitative estimate of drug-likeness (QED) is 0.789. The molecule has 0 radical (unpaired) electrons. The van der Waals surface area contributed by atoms with Gasteiger partial charge in [-0.3, -0.25) is 0 Å². The number of pyridine rings is 1. The highest BCUT2D eigenvalue weighted by Gasteiger charge is 2.23. The minimum atomic E-state index is 0.728. The van der Waals surface area contributed by atoms with Crippen LogP contribution in [0.3, 0.4) is 0 Å². The predicted octanol–water partition coefficient (Wildman–Crippen LogP) is 2.45. The van der Waals surface area contributed by atoms with Crippen LogP contribution in [0.4, 0.5) is 11.5 Å². The Morgan fingerprint density at radius 1 is 1.31 bits per heavy atom. The van der Waals surface area contributed by atoms with Crippen molar-refractivity contribution < 1.29 is 0 Å². The average Bonchev–Trinajstić information content (AvgIpc) is 2.15. The highest BCUT2D eigenvalue weighted by molar-refractivity contribution is 5.63. The minimum absolute atomic E-state index is 0.728. The SMILES string of the molecule is Cc1cnc(N2C[C@H](C)C[C@@H](C)C2)c(N)c1. The Balaban J connectivity index is 2.23. The maximum Gasteiger partial charge on any atom is 0.151 e. The number of aromatic nitrogens is 1. The number of piperidine rings is 1. The van der Waals surface area contributed by atoms with Crippen molar-refractivity contribution in [1.29, 1.82) is 0 Å². The summed E-state index contributed by atoms with van der Waals surface area (Å²) in [5.74, 6) is 2.42. The largest absolute Gasteiger partial charge is 0.396 e. The van der Waals surface area contributed by atoms with E-state index in [1.807, 2.05) is 19.2 Å². The van der Waals surface area contributed by atoms with Crippen molar-refractivity contribution in [3.63, 3.8) is 0 Å². The van der Waals surface area contributed by atoms with Gasteiger partial charge in [0.2, 0.25) is 0 Å². The van der Waals surface area contributed by atoms with E-state index in [9.17, 15) is 0 Å². The number of hydrogen-bond acceptors (Lipinski definition) is 3. The number of nitrogens with zero attached hydrogens (tertiary/aromatic N) is 2. The molecular weight excluding hydrogens is 198 g/mol. The first-order valence-electron chi connectivity index (χ1n) is 6.03. The molecule has 88 valence electrons. The summed E-state index contributed by atoms with van der Waals surface area (Å²) in [4.78, 5) is 6.80. The van der Waals surface area contributed by atoms with Crippen molar-refractivity contribution >= 4 is 11.5 Å². The van der Waals surface area contributed by atoms with E-state index in [1.165, 1.54) is 6.42 Å². The fourth-order valence-electron chi connectivity index (χ4n) is 2.68. The van der Waals surface area contributed by atoms with E-state index in [0.717, 1.165) is 42.0 Å². The van der Waals surface area contributed by atoms with E-state index in [0.29, 0.717) is 0 Å². The molecule has 1 aliphatic rings. The number of rotatable bonds is 1. The molecule has 1 aromatic heterocycles. The monoisotopic (exact) mass is 219 g/mol. The predicted molar refractivity (Wildman–Crippen MR) is 68.5 cm³/mol. The highest BCUT2D eigenvalue weighted by Crippen LogP contribution is 2.28. The summed E-state index contributed by atoms with van der Waals surface area (Å²) in [6.45, 7) is 8.77. The summed E-state index contributed by atoms with van der Waals surface area (Å²) < 4.78 is 0. The van der Waals surface area contributed by atoms with Gasteiger partial charge in [0, 0.05) is 19.3 Å². The van der Waals surface area contributed by atoms with Gasteiger partial charge in [-0.05, 0) is 36.8 Å². The number of anilines is 2. The van der Waals surface area contributed by atoms with Gasteiger partial charge in [0.05, 0.1) is 5.69 Å². The van der Waals surface area contributed by atoms with E-state index in [1.54, 1.807) is 0 Å². The second-order valence-electron chi connectivity index (χ2n) is 5.28. The number of nitrogen functional groups attached to an aromatic ring is 1. The van der Waals surface area contributed by atoms with Crippen LogP contribution in [0, 0.1) is 18.8 Å². The summed E-state index contributed by atoms with van der Waals surface area (Å²) >= 11 is 0. The van der Waals surface area contributed by atoms with Crippen molar-refractivity contribution in [3.8, 4) is 0 Å². The maximum absolute atomic E-state index is 6.04. The first-order chi connectivity index (χ1) is 7.56. The molecule has 2 atom stereocenters. The zero-order valence-electron chi connectivity index (χ0n) is 10.4. The van der Waals surface area contributed by atoms with Gasteiger partial charge < -0.3 is 10.6 Å². The molecule has 1 fully saturated rings. The van der Waals surface area contributed by atoms with Gasteiger partial charge in [-0.15, -0.1) is 0 Å². The molecule has 1 aromatic rings. The lowest BCUT2D eigenvalue weighted by molar-refractivity contribution is 0.355. The molecule has 0 aromatic carbocycles. The van der Waals surface area contributed by atoms with Crippen molar-refractivity contribution in [2.24, 2.45) is 11.8 Å². The topological polar surface area (TPSA) is 42.2 Å². The molecule has 0 amide bonds. The van der Waals surface area contributed by atoms with E-state index in [-0.39, 0.29) is 0 Å². The van der Waals surface area contributed by atoms with Crippen LogP contribution in [0.1, 0.15) is 25.8 Å². The van der Waals surface area contributed by atoms with E-state index in [2.05, 4.69) is 23.7 Å². The summed E-state index contributed by atoms with van der Waals surface area (Å²) in [7, 11) is 0. The summed E-state index contributed by atoms with van der Waals surface area (Å²) in [6, 6.07) is 2.01. The molecule has 1 saturated heterocycles. The van der Waals surface area contributed by atoms with E-state index < -0.39 is 0 Å². The lowest BCUT2D eigenvalue weighted by atomic mass is 9.92. The van der Waals surface area contributed by atoms with Crippen molar-refractivity contribution in [2.45, 2.75) is 27.2 Å². The van der Waals surface area contributed by atoms with Crippen LogP contribution in [0.15, 0.2) is 12.3 Å². The van der Waals surface area contributed by atoms with Gasteiger partial charge in [0.15, 0.2) is 5.82 Å². The molecule has 0 spiro atoms. The fourth-order valence-corrected chi connectivity index (χ4v) is 2.68. The minimum Gasteiger partial charge on any atom is -0.396 e. The molecule has 3 heteroatoms. The molecule has 1 aliphatic heterocycles. The Morgan fingerprint density at radius 2 is 1.94 bits per heavy atom. The molecule has 3 nitrogen and oxygen atoms in total. The van der Waals surface area contributed by atoms with Crippen LogP contribution in [0.25, 0.3) is 0 Å².